The lowest BCUT2D eigenvalue weighted by Crippen LogP contribution is -2.29. The van der Waals surface area contributed by atoms with Gasteiger partial charge in [-0.05, 0) is 38.3 Å². The lowest BCUT2D eigenvalue weighted by molar-refractivity contribution is 0.233. The van der Waals surface area contributed by atoms with Crippen LogP contribution in [-0.4, -0.2) is 36.2 Å². The van der Waals surface area contributed by atoms with Crippen LogP contribution >= 0.6 is 0 Å². The Morgan fingerprint density at radius 2 is 1.86 bits per heavy atom. The van der Waals surface area contributed by atoms with E-state index in [2.05, 4.69) is 25.7 Å². The highest BCUT2D eigenvalue weighted by molar-refractivity contribution is 4.60. The van der Waals surface area contributed by atoms with Crippen molar-refractivity contribution in [3.63, 3.8) is 0 Å². The van der Waals surface area contributed by atoms with E-state index in [1.54, 1.807) is 0 Å². The molecule has 0 aliphatic carbocycles. The van der Waals surface area contributed by atoms with Crippen molar-refractivity contribution in [1.82, 2.24) is 4.90 Å². The van der Waals surface area contributed by atoms with Crippen LogP contribution in [0.4, 0.5) is 0 Å². The predicted molar refractivity (Wildman–Crippen MR) is 62.5 cm³/mol. The van der Waals surface area contributed by atoms with Crippen molar-refractivity contribution >= 4 is 0 Å². The van der Waals surface area contributed by atoms with Gasteiger partial charge in [0.05, 0.1) is 0 Å². The first-order valence-electron chi connectivity index (χ1n) is 6.07. The smallest absolute Gasteiger partial charge is 0.0431 e. The minimum Gasteiger partial charge on any atom is -0.396 e. The second kappa shape index (κ2) is 9.47. The average Bonchev–Trinajstić information content (AvgIpc) is 2.22. The fourth-order valence-electron chi connectivity index (χ4n) is 1.57. The van der Waals surface area contributed by atoms with Gasteiger partial charge in [-0.2, -0.15) is 0 Å². The van der Waals surface area contributed by atoms with Crippen molar-refractivity contribution in [2.75, 3.05) is 26.2 Å². The molecule has 1 N–H and O–H groups in total. The van der Waals surface area contributed by atoms with E-state index in [4.69, 9.17) is 5.11 Å². The van der Waals surface area contributed by atoms with Crippen LogP contribution in [-0.2, 0) is 0 Å². The summed E-state index contributed by atoms with van der Waals surface area (Å²) in [6, 6.07) is 0. The van der Waals surface area contributed by atoms with E-state index in [-0.39, 0.29) is 0 Å². The van der Waals surface area contributed by atoms with Gasteiger partial charge in [0, 0.05) is 13.2 Å². The Hall–Kier alpha value is -0.0800. The van der Waals surface area contributed by atoms with E-state index in [9.17, 15) is 0 Å². The monoisotopic (exact) mass is 201 g/mol. The summed E-state index contributed by atoms with van der Waals surface area (Å²) in [6.07, 6.45) is 4.62. The standard InChI is InChI=1S/C12H27NO/c1-4-12(3)11-13(5-2)9-7-6-8-10-14/h12,14H,4-11H2,1-3H3. The SMILES string of the molecule is CCC(C)CN(CC)CCCCCO. The van der Waals surface area contributed by atoms with Gasteiger partial charge in [0.1, 0.15) is 0 Å². The Labute approximate surface area is 89.3 Å². The summed E-state index contributed by atoms with van der Waals surface area (Å²) in [7, 11) is 0. The molecule has 0 saturated heterocycles. The highest BCUT2D eigenvalue weighted by atomic mass is 16.2. The molecule has 2 nitrogen and oxygen atoms in total. The number of aliphatic hydroxyl groups is 1. The van der Waals surface area contributed by atoms with Gasteiger partial charge in [-0.1, -0.05) is 27.2 Å². The maximum absolute atomic E-state index is 8.66. The van der Waals surface area contributed by atoms with Gasteiger partial charge in [0.25, 0.3) is 0 Å². The fourth-order valence-corrected chi connectivity index (χ4v) is 1.57. The first kappa shape index (κ1) is 13.9. The van der Waals surface area contributed by atoms with E-state index in [0.717, 1.165) is 25.3 Å². The number of hydrogen-bond acceptors (Lipinski definition) is 2. The zero-order valence-electron chi connectivity index (χ0n) is 10.1. The van der Waals surface area contributed by atoms with Gasteiger partial charge in [0.15, 0.2) is 0 Å². The van der Waals surface area contributed by atoms with Gasteiger partial charge in [-0.15, -0.1) is 0 Å². The van der Waals surface area contributed by atoms with Gasteiger partial charge < -0.3 is 10.0 Å². The summed E-state index contributed by atoms with van der Waals surface area (Å²) < 4.78 is 0. The van der Waals surface area contributed by atoms with Gasteiger partial charge >= 0.3 is 0 Å². The lowest BCUT2D eigenvalue weighted by atomic mass is 10.1. The third kappa shape index (κ3) is 7.34. The Morgan fingerprint density at radius 1 is 1.14 bits per heavy atom. The summed E-state index contributed by atoms with van der Waals surface area (Å²) in [6.45, 7) is 10.7. The van der Waals surface area contributed by atoms with E-state index in [0.29, 0.717) is 6.61 Å². The van der Waals surface area contributed by atoms with Crippen LogP contribution < -0.4 is 0 Å². The van der Waals surface area contributed by atoms with E-state index in [1.807, 2.05) is 0 Å². The zero-order chi connectivity index (χ0) is 10.8. The van der Waals surface area contributed by atoms with E-state index >= 15 is 0 Å². The Morgan fingerprint density at radius 3 is 2.36 bits per heavy atom. The van der Waals surface area contributed by atoms with Crippen LogP contribution in [0.1, 0.15) is 46.5 Å². The van der Waals surface area contributed by atoms with Crippen LogP contribution in [0.25, 0.3) is 0 Å². The minimum absolute atomic E-state index is 0.345. The van der Waals surface area contributed by atoms with Gasteiger partial charge in [-0.3, -0.25) is 0 Å². The quantitative estimate of drug-likeness (QED) is 0.579. The van der Waals surface area contributed by atoms with Crippen molar-refractivity contribution in [2.45, 2.75) is 46.5 Å². The Kier molecular flexibility index (Phi) is 9.42. The molecule has 0 heterocycles. The Bertz CT molecular complexity index is 117. The van der Waals surface area contributed by atoms with Crippen molar-refractivity contribution in [2.24, 2.45) is 5.92 Å². The fraction of sp³-hybridized carbons (Fsp3) is 1.00. The van der Waals surface area contributed by atoms with Gasteiger partial charge in [-0.25, -0.2) is 0 Å². The molecular weight excluding hydrogens is 174 g/mol. The van der Waals surface area contributed by atoms with Crippen LogP contribution in [0.2, 0.25) is 0 Å². The molecule has 1 unspecified atom stereocenters. The summed E-state index contributed by atoms with van der Waals surface area (Å²) in [5, 5.41) is 8.66. The Balaban J connectivity index is 3.47. The first-order valence-corrected chi connectivity index (χ1v) is 6.07. The largest absolute Gasteiger partial charge is 0.396 e. The second-order valence-electron chi connectivity index (χ2n) is 4.19. The molecule has 0 rings (SSSR count). The molecular formula is C12H27NO. The molecule has 14 heavy (non-hydrogen) atoms. The van der Waals surface area contributed by atoms with Crippen LogP contribution in [0.3, 0.4) is 0 Å². The molecule has 2 heteroatoms. The summed E-state index contributed by atoms with van der Waals surface area (Å²) in [5.74, 6) is 0.813. The van der Waals surface area contributed by atoms with Crippen molar-refractivity contribution < 1.29 is 5.11 Å². The molecule has 1 atom stereocenters. The molecule has 0 aromatic carbocycles. The molecule has 86 valence electrons. The van der Waals surface area contributed by atoms with Crippen LogP contribution in [0, 0.1) is 5.92 Å². The minimum atomic E-state index is 0.345. The van der Waals surface area contributed by atoms with E-state index < -0.39 is 0 Å². The highest BCUT2D eigenvalue weighted by Crippen LogP contribution is 2.05. The lowest BCUT2D eigenvalue weighted by Gasteiger charge is -2.23. The molecule has 0 amide bonds. The maximum atomic E-state index is 8.66. The molecule has 0 aliphatic heterocycles. The van der Waals surface area contributed by atoms with Crippen LogP contribution in [0.5, 0.6) is 0 Å². The van der Waals surface area contributed by atoms with Gasteiger partial charge in [0.2, 0.25) is 0 Å². The molecule has 0 spiro atoms. The number of unbranched alkanes of at least 4 members (excludes halogenated alkanes) is 2. The summed E-state index contributed by atoms with van der Waals surface area (Å²) in [4.78, 5) is 2.52. The molecule has 0 radical (unpaired) electrons. The topological polar surface area (TPSA) is 23.5 Å². The molecule has 0 fully saturated rings. The predicted octanol–water partition coefficient (Wildman–Crippen LogP) is 2.52. The van der Waals surface area contributed by atoms with Crippen molar-refractivity contribution in [1.29, 1.82) is 0 Å². The zero-order valence-corrected chi connectivity index (χ0v) is 10.1. The molecule has 0 bridgehead atoms. The first-order chi connectivity index (χ1) is 6.74. The molecule has 0 aromatic rings. The molecule has 0 aromatic heterocycles. The number of hydrogen-bond donors (Lipinski definition) is 1. The third-order valence-corrected chi connectivity index (χ3v) is 2.85. The highest BCUT2D eigenvalue weighted by Gasteiger charge is 2.06. The number of nitrogens with zero attached hydrogens (tertiary/aromatic N) is 1. The van der Waals surface area contributed by atoms with Crippen molar-refractivity contribution in [3.05, 3.63) is 0 Å². The number of rotatable bonds is 9. The second-order valence-corrected chi connectivity index (χ2v) is 4.19. The molecule has 0 saturated carbocycles. The number of aliphatic hydroxyl groups excluding tert-OH is 1. The maximum Gasteiger partial charge on any atom is 0.0431 e. The summed E-state index contributed by atoms with van der Waals surface area (Å²) >= 11 is 0. The molecule has 0 aliphatic rings. The van der Waals surface area contributed by atoms with Crippen LogP contribution in [0.15, 0.2) is 0 Å². The van der Waals surface area contributed by atoms with Crippen molar-refractivity contribution in [3.8, 4) is 0 Å². The normalized spacial score (nSPS) is 13.5. The third-order valence-electron chi connectivity index (χ3n) is 2.85. The van der Waals surface area contributed by atoms with E-state index in [1.165, 1.54) is 25.9 Å². The average molecular weight is 201 g/mol. The summed E-state index contributed by atoms with van der Waals surface area (Å²) in [5.41, 5.74) is 0.